The second-order valence-electron chi connectivity index (χ2n) is 5.76. The molecule has 3 aromatic rings. The van der Waals surface area contributed by atoms with Gasteiger partial charge in [-0.05, 0) is 30.0 Å². The van der Waals surface area contributed by atoms with E-state index in [1.807, 2.05) is 30.1 Å². The number of fused-ring (bicyclic) bond motifs is 1. The predicted molar refractivity (Wildman–Crippen MR) is 96.7 cm³/mol. The van der Waals surface area contributed by atoms with Gasteiger partial charge in [-0.2, -0.15) is 16.3 Å². The van der Waals surface area contributed by atoms with Crippen molar-refractivity contribution >= 4 is 29.0 Å². The van der Waals surface area contributed by atoms with Gasteiger partial charge in [0.25, 0.3) is 0 Å². The van der Waals surface area contributed by atoms with Crippen LogP contribution >= 0.6 is 11.8 Å². The zero-order chi connectivity index (χ0) is 16.4. The summed E-state index contributed by atoms with van der Waals surface area (Å²) in [5.74, 6) is 3.03. The summed E-state index contributed by atoms with van der Waals surface area (Å²) in [5, 5.41) is 12.4. The zero-order valence-electron chi connectivity index (χ0n) is 13.5. The molecule has 0 atom stereocenters. The Morgan fingerprint density at radius 3 is 2.46 bits per heavy atom. The molecule has 1 fully saturated rings. The Labute approximate surface area is 144 Å². The van der Waals surface area contributed by atoms with Crippen LogP contribution in [0, 0.1) is 0 Å². The molecule has 0 amide bonds. The molecule has 0 bridgehead atoms. The molecule has 0 saturated carbocycles. The number of pyridine rings is 1. The van der Waals surface area contributed by atoms with Gasteiger partial charge in [-0.3, -0.25) is 0 Å². The predicted octanol–water partition coefficient (Wildman–Crippen LogP) is 1.71. The van der Waals surface area contributed by atoms with Crippen molar-refractivity contribution in [2.45, 2.75) is 5.75 Å². The molecular formula is C16H19N7S. The normalized spacial score (nSPS) is 15.2. The van der Waals surface area contributed by atoms with E-state index in [9.17, 15) is 0 Å². The lowest BCUT2D eigenvalue weighted by molar-refractivity contribution is 0.636. The van der Waals surface area contributed by atoms with E-state index in [2.05, 4.69) is 48.5 Å². The van der Waals surface area contributed by atoms with E-state index in [-0.39, 0.29) is 0 Å². The van der Waals surface area contributed by atoms with Crippen LogP contribution in [0.2, 0.25) is 0 Å². The van der Waals surface area contributed by atoms with E-state index in [0.717, 1.165) is 49.2 Å². The standard InChI is InChI=1S/C16H19N7S/c1-24-11-13-2-3-14(17-10-13)21-6-8-22(9-7-21)16-5-4-15-19-18-12-23(15)20-16/h2-5,10,12H,6-9,11H2,1H3. The van der Waals surface area contributed by atoms with Crippen molar-refractivity contribution in [2.24, 2.45) is 0 Å². The van der Waals surface area contributed by atoms with Gasteiger partial charge in [-0.25, -0.2) is 4.98 Å². The summed E-state index contributed by atoms with van der Waals surface area (Å²) >= 11 is 1.82. The highest BCUT2D eigenvalue weighted by Gasteiger charge is 2.19. The van der Waals surface area contributed by atoms with Crippen molar-refractivity contribution in [3.8, 4) is 0 Å². The lowest BCUT2D eigenvalue weighted by Crippen LogP contribution is -2.47. The molecule has 1 aliphatic heterocycles. The zero-order valence-corrected chi connectivity index (χ0v) is 14.4. The Kier molecular flexibility index (Phi) is 4.20. The van der Waals surface area contributed by atoms with Crippen molar-refractivity contribution in [3.05, 3.63) is 42.4 Å². The van der Waals surface area contributed by atoms with Crippen molar-refractivity contribution in [3.63, 3.8) is 0 Å². The van der Waals surface area contributed by atoms with Crippen LogP contribution in [0.4, 0.5) is 11.6 Å². The number of hydrogen-bond acceptors (Lipinski definition) is 7. The van der Waals surface area contributed by atoms with Gasteiger partial charge in [0.05, 0.1) is 0 Å². The first-order chi connectivity index (χ1) is 11.8. The average Bonchev–Trinajstić information content (AvgIpc) is 3.11. The van der Waals surface area contributed by atoms with Crippen LogP contribution < -0.4 is 9.80 Å². The van der Waals surface area contributed by atoms with Crippen molar-refractivity contribution in [1.82, 2.24) is 24.8 Å². The lowest BCUT2D eigenvalue weighted by Gasteiger charge is -2.35. The molecule has 0 N–H and O–H groups in total. The molecule has 1 aliphatic rings. The fraction of sp³-hybridized carbons (Fsp3) is 0.375. The van der Waals surface area contributed by atoms with E-state index < -0.39 is 0 Å². The van der Waals surface area contributed by atoms with Crippen LogP contribution in [0.3, 0.4) is 0 Å². The highest BCUT2D eigenvalue weighted by molar-refractivity contribution is 7.97. The fourth-order valence-electron chi connectivity index (χ4n) is 2.91. The van der Waals surface area contributed by atoms with Gasteiger partial charge in [0.15, 0.2) is 5.65 Å². The molecule has 7 nitrogen and oxygen atoms in total. The topological polar surface area (TPSA) is 62.5 Å². The molecule has 3 aromatic heterocycles. The lowest BCUT2D eigenvalue weighted by atomic mass is 10.2. The second-order valence-corrected chi connectivity index (χ2v) is 6.62. The third-order valence-corrected chi connectivity index (χ3v) is 4.82. The van der Waals surface area contributed by atoms with E-state index in [0.29, 0.717) is 0 Å². The Hall–Kier alpha value is -2.35. The number of piperazine rings is 1. The molecule has 1 saturated heterocycles. The molecule has 4 heterocycles. The Balaban J connectivity index is 1.42. The first-order valence-electron chi connectivity index (χ1n) is 7.94. The van der Waals surface area contributed by atoms with Gasteiger partial charge in [0.2, 0.25) is 0 Å². The summed E-state index contributed by atoms with van der Waals surface area (Å²) in [6, 6.07) is 8.26. The van der Waals surface area contributed by atoms with Crippen molar-refractivity contribution in [2.75, 3.05) is 42.2 Å². The maximum Gasteiger partial charge on any atom is 0.177 e. The minimum atomic E-state index is 0.770. The van der Waals surface area contributed by atoms with Crippen molar-refractivity contribution < 1.29 is 0 Å². The summed E-state index contributed by atoms with van der Waals surface area (Å²) in [4.78, 5) is 9.23. The fourth-order valence-corrected chi connectivity index (χ4v) is 3.41. The first-order valence-corrected chi connectivity index (χ1v) is 9.34. The summed E-state index contributed by atoms with van der Waals surface area (Å²) in [6.45, 7) is 3.73. The average molecular weight is 341 g/mol. The molecule has 24 heavy (non-hydrogen) atoms. The number of hydrogen-bond donors (Lipinski definition) is 0. The highest BCUT2D eigenvalue weighted by Crippen LogP contribution is 2.19. The smallest absolute Gasteiger partial charge is 0.177 e. The van der Waals surface area contributed by atoms with E-state index in [1.165, 1.54) is 5.56 Å². The molecular weight excluding hydrogens is 322 g/mol. The quantitative estimate of drug-likeness (QED) is 0.716. The number of aromatic nitrogens is 5. The van der Waals surface area contributed by atoms with Crippen LogP contribution in [-0.4, -0.2) is 57.2 Å². The van der Waals surface area contributed by atoms with E-state index >= 15 is 0 Å². The Morgan fingerprint density at radius 1 is 1.00 bits per heavy atom. The van der Waals surface area contributed by atoms with Crippen LogP contribution in [0.1, 0.15) is 5.56 Å². The Bertz CT molecular complexity index is 809. The third kappa shape index (κ3) is 3.01. The minimum Gasteiger partial charge on any atom is -0.353 e. The molecule has 0 aromatic carbocycles. The summed E-state index contributed by atoms with van der Waals surface area (Å²) < 4.78 is 1.72. The SMILES string of the molecule is CSCc1ccc(N2CCN(c3ccc4nncn4n3)CC2)nc1. The minimum absolute atomic E-state index is 0.770. The summed E-state index contributed by atoms with van der Waals surface area (Å²) in [7, 11) is 0. The number of rotatable bonds is 4. The Morgan fingerprint density at radius 2 is 1.75 bits per heavy atom. The molecule has 8 heteroatoms. The van der Waals surface area contributed by atoms with Gasteiger partial charge in [-0.15, -0.1) is 15.3 Å². The maximum absolute atomic E-state index is 4.61. The molecule has 0 radical (unpaired) electrons. The van der Waals surface area contributed by atoms with Crippen molar-refractivity contribution in [1.29, 1.82) is 0 Å². The summed E-state index contributed by atoms with van der Waals surface area (Å²) in [6.07, 6.45) is 5.73. The molecule has 0 unspecified atom stereocenters. The second kappa shape index (κ2) is 6.64. The van der Waals surface area contributed by atoms with Crippen LogP contribution in [0.25, 0.3) is 5.65 Å². The monoisotopic (exact) mass is 341 g/mol. The van der Waals surface area contributed by atoms with Gasteiger partial charge >= 0.3 is 0 Å². The first kappa shape index (κ1) is 15.2. The van der Waals surface area contributed by atoms with Gasteiger partial charge in [0.1, 0.15) is 18.0 Å². The van der Waals surface area contributed by atoms with Gasteiger partial charge < -0.3 is 9.80 Å². The molecule has 0 aliphatic carbocycles. The van der Waals surface area contributed by atoms with Gasteiger partial charge in [-0.1, -0.05) is 6.07 Å². The number of nitrogens with zero attached hydrogens (tertiary/aromatic N) is 7. The summed E-state index contributed by atoms with van der Waals surface area (Å²) in [5.41, 5.74) is 2.04. The van der Waals surface area contributed by atoms with Crippen LogP contribution in [-0.2, 0) is 5.75 Å². The number of anilines is 2. The maximum atomic E-state index is 4.61. The highest BCUT2D eigenvalue weighted by atomic mass is 32.2. The van der Waals surface area contributed by atoms with Gasteiger partial charge in [0, 0.05) is 38.1 Å². The molecule has 0 spiro atoms. The molecule has 4 rings (SSSR count). The number of thioether (sulfide) groups is 1. The third-order valence-electron chi connectivity index (χ3n) is 4.20. The molecule has 124 valence electrons. The van der Waals surface area contributed by atoms with Crippen LogP contribution in [0.5, 0.6) is 0 Å². The largest absolute Gasteiger partial charge is 0.353 e. The van der Waals surface area contributed by atoms with E-state index in [4.69, 9.17) is 0 Å². The van der Waals surface area contributed by atoms with E-state index in [1.54, 1.807) is 10.8 Å². The van der Waals surface area contributed by atoms with Crippen LogP contribution in [0.15, 0.2) is 36.8 Å².